The topological polar surface area (TPSA) is 58.5 Å². The summed E-state index contributed by atoms with van der Waals surface area (Å²) in [7, 11) is 0. The number of aromatic nitrogens is 4. The van der Waals surface area contributed by atoms with Crippen molar-refractivity contribution in [2.75, 3.05) is 5.32 Å². The van der Waals surface area contributed by atoms with E-state index in [1.165, 1.54) is 12.3 Å². The molecule has 2 aromatic carbocycles. The van der Waals surface area contributed by atoms with E-state index >= 15 is 4.39 Å². The zero-order chi connectivity index (χ0) is 23.9. The van der Waals surface area contributed by atoms with E-state index < -0.39 is 29.8 Å². The van der Waals surface area contributed by atoms with E-state index in [1.807, 2.05) is 18.4 Å². The summed E-state index contributed by atoms with van der Waals surface area (Å²) >= 11 is 0. The van der Waals surface area contributed by atoms with Gasteiger partial charge in [0.1, 0.15) is 17.5 Å². The molecule has 33 heavy (non-hydrogen) atoms. The van der Waals surface area contributed by atoms with Gasteiger partial charge in [0.2, 0.25) is 0 Å². The quantitative estimate of drug-likeness (QED) is 0.356. The zero-order valence-electron chi connectivity index (χ0n) is 18.2. The Kier molecular flexibility index (Phi) is 4.40. The number of aromatic amines is 1. The molecule has 5 nitrogen and oxygen atoms in total. The molecule has 1 aliphatic heterocycles. The molecule has 10 heteroatoms. The second kappa shape index (κ2) is 6.79. The molecule has 5 rings (SSSR count). The van der Waals surface area contributed by atoms with Gasteiger partial charge >= 0.3 is 6.18 Å². The van der Waals surface area contributed by atoms with Gasteiger partial charge in [-0.05, 0) is 57.0 Å². The van der Waals surface area contributed by atoms with Crippen LogP contribution < -0.4 is 5.32 Å². The van der Waals surface area contributed by atoms with Crippen molar-refractivity contribution in [3.05, 3.63) is 58.8 Å². The van der Waals surface area contributed by atoms with E-state index in [9.17, 15) is 17.6 Å². The maximum absolute atomic E-state index is 15.5. The van der Waals surface area contributed by atoms with E-state index in [0.717, 1.165) is 12.1 Å². The predicted octanol–water partition coefficient (Wildman–Crippen LogP) is 6.08. The normalized spacial score (nSPS) is 14.8. The highest BCUT2D eigenvalue weighted by atomic mass is 19.4. The fourth-order valence-electron chi connectivity index (χ4n) is 4.72. The molecule has 172 valence electrons. The van der Waals surface area contributed by atoms with Crippen molar-refractivity contribution in [3.8, 4) is 16.8 Å². The minimum atomic E-state index is -4.46. The summed E-state index contributed by atoms with van der Waals surface area (Å²) in [5.41, 5.74) is 1.38. The van der Waals surface area contributed by atoms with Crippen LogP contribution in [0.3, 0.4) is 0 Å². The minimum absolute atomic E-state index is 0.0688. The van der Waals surface area contributed by atoms with Gasteiger partial charge in [-0.25, -0.2) is 8.78 Å². The van der Waals surface area contributed by atoms with Gasteiger partial charge in [0, 0.05) is 22.7 Å². The number of fused-ring (bicyclic) bond motifs is 4. The SMILES string of the molecule is Cc1c(-c2cc(F)cc3c(CC(F)(F)F)c[nH]c23)c(F)cc2c1-n1c(C)nnc1C(C)(C)N2. The number of nitrogens with zero attached hydrogens (tertiary/aromatic N) is 3. The predicted molar refractivity (Wildman–Crippen MR) is 114 cm³/mol. The summed E-state index contributed by atoms with van der Waals surface area (Å²) in [6.07, 6.45) is -4.49. The number of benzene rings is 2. The number of hydrogen-bond donors (Lipinski definition) is 2. The van der Waals surface area contributed by atoms with Crippen LogP contribution in [-0.2, 0) is 12.0 Å². The first-order valence-electron chi connectivity index (χ1n) is 10.3. The number of nitrogens with one attached hydrogen (secondary N) is 2. The summed E-state index contributed by atoms with van der Waals surface area (Å²) in [5.74, 6) is -0.150. The van der Waals surface area contributed by atoms with E-state index in [2.05, 4.69) is 20.5 Å². The Morgan fingerprint density at radius 3 is 2.48 bits per heavy atom. The number of alkyl halides is 3. The molecule has 2 N–H and O–H groups in total. The Bertz CT molecular complexity index is 1430. The van der Waals surface area contributed by atoms with Crippen LogP contribution in [0.2, 0.25) is 0 Å². The van der Waals surface area contributed by atoms with Crippen molar-refractivity contribution < 1.29 is 22.0 Å². The Hall–Kier alpha value is -3.43. The number of anilines is 1. The highest BCUT2D eigenvalue weighted by Gasteiger charge is 2.36. The van der Waals surface area contributed by atoms with Crippen molar-refractivity contribution >= 4 is 16.6 Å². The van der Waals surface area contributed by atoms with Crippen molar-refractivity contribution in [1.82, 2.24) is 19.7 Å². The lowest BCUT2D eigenvalue weighted by atomic mass is 9.92. The number of rotatable bonds is 2. The van der Waals surface area contributed by atoms with Crippen LogP contribution in [0, 0.1) is 25.5 Å². The average molecular weight is 461 g/mol. The second-order valence-corrected chi connectivity index (χ2v) is 8.89. The number of hydrogen-bond acceptors (Lipinski definition) is 3. The van der Waals surface area contributed by atoms with Crippen molar-refractivity contribution in [1.29, 1.82) is 0 Å². The second-order valence-electron chi connectivity index (χ2n) is 8.89. The summed E-state index contributed by atoms with van der Waals surface area (Å²) in [5, 5.41) is 11.8. The van der Waals surface area contributed by atoms with Crippen molar-refractivity contribution in [2.45, 2.75) is 45.8 Å². The fraction of sp³-hybridized carbons (Fsp3) is 0.304. The molecule has 3 heterocycles. The van der Waals surface area contributed by atoms with Crippen LogP contribution in [0.4, 0.5) is 27.6 Å². The summed E-state index contributed by atoms with van der Waals surface area (Å²) in [6.45, 7) is 7.26. The maximum atomic E-state index is 15.5. The lowest BCUT2D eigenvalue weighted by molar-refractivity contribution is -0.127. The van der Waals surface area contributed by atoms with E-state index in [0.29, 0.717) is 28.6 Å². The third-order valence-corrected chi connectivity index (χ3v) is 6.05. The zero-order valence-corrected chi connectivity index (χ0v) is 18.2. The first kappa shape index (κ1) is 21.4. The van der Waals surface area contributed by atoms with Gasteiger partial charge in [0.15, 0.2) is 5.82 Å². The van der Waals surface area contributed by atoms with Gasteiger partial charge in [0.05, 0.1) is 28.9 Å². The molecule has 4 aromatic rings. The molecule has 1 aliphatic rings. The fourth-order valence-corrected chi connectivity index (χ4v) is 4.72. The number of halogens is 5. The standard InChI is InChI=1S/C23H20F5N5/c1-10-18(15-6-13(24)5-14-12(8-23(26,27)28)9-29-19(14)15)16(25)7-17-20(10)33-11(2)31-32-21(33)22(3,4)30-17/h5-7,9,29-30H,8H2,1-4H3. The van der Waals surface area contributed by atoms with Crippen LogP contribution in [0.1, 0.15) is 36.6 Å². The minimum Gasteiger partial charge on any atom is -0.371 e. The van der Waals surface area contributed by atoms with Crippen molar-refractivity contribution in [2.24, 2.45) is 0 Å². The van der Waals surface area contributed by atoms with Crippen LogP contribution in [0.5, 0.6) is 0 Å². The first-order valence-corrected chi connectivity index (χ1v) is 10.3. The largest absolute Gasteiger partial charge is 0.393 e. The van der Waals surface area contributed by atoms with Gasteiger partial charge in [-0.3, -0.25) is 4.57 Å². The Morgan fingerprint density at radius 1 is 1.06 bits per heavy atom. The van der Waals surface area contributed by atoms with Gasteiger partial charge < -0.3 is 10.3 Å². The molecule has 0 fully saturated rings. The molecule has 0 unspecified atom stereocenters. The lowest BCUT2D eigenvalue weighted by Gasteiger charge is -2.35. The van der Waals surface area contributed by atoms with Crippen LogP contribution >= 0.6 is 0 Å². The summed E-state index contributed by atoms with van der Waals surface area (Å²) in [4.78, 5) is 2.80. The molecule has 0 amide bonds. The van der Waals surface area contributed by atoms with Crippen LogP contribution in [0.15, 0.2) is 24.4 Å². The van der Waals surface area contributed by atoms with E-state index in [4.69, 9.17) is 0 Å². The molecule has 2 aromatic heterocycles. The molecule has 0 atom stereocenters. The third-order valence-electron chi connectivity index (χ3n) is 6.05. The van der Waals surface area contributed by atoms with Gasteiger partial charge in [-0.2, -0.15) is 13.2 Å². The van der Waals surface area contributed by atoms with Gasteiger partial charge in [-0.15, -0.1) is 10.2 Å². The smallest absolute Gasteiger partial charge is 0.371 e. The molecule has 0 spiro atoms. The Labute approximate surface area is 185 Å². The number of aryl methyl sites for hydroxylation is 1. The monoisotopic (exact) mass is 461 g/mol. The highest BCUT2D eigenvalue weighted by Crippen LogP contribution is 2.44. The summed E-state index contributed by atoms with van der Waals surface area (Å²) in [6, 6.07) is 3.49. The Morgan fingerprint density at radius 2 is 1.79 bits per heavy atom. The third kappa shape index (κ3) is 3.27. The average Bonchev–Trinajstić information content (AvgIpc) is 3.24. The first-order chi connectivity index (χ1) is 15.4. The molecule has 0 radical (unpaired) electrons. The molecular weight excluding hydrogens is 441 g/mol. The lowest BCUT2D eigenvalue weighted by Crippen LogP contribution is -2.36. The van der Waals surface area contributed by atoms with Gasteiger partial charge in [0.25, 0.3) is 0 Å². The van der Waals surface area contributed by atoms with Crippen LogP contribution in [0.25, 0.3) is 27.7 Å². The van der Waals surface area contributed by atoms with Gasteiger partial charge in [-0.1, -0.05) is 0 Å². The molecular formula is C23H20F5N5. The highest BCUT2D eigenvalue weighted by molar-refractivity contribution is 5.98. The summed E-state index contributed by atoms with van der Waals surface area (Å²) < 4.78 is 70.9. The molecule has 0 saturated heterocycles. The van der Waals surface area contributed by atoms with Crippen molar-refractivity contribution in [3.63, 3.8) is 0 Å². The van der Waals surface area contributed by atoms with E-state index in [1.54, 1.807) is 13.8 Å². The maximum Gasteiger partial charge on any atom is 0.393 e. The Balaban J connectivity index is 1.79. The molecule has 0 bridgehead atoms. The molecule has 0 aliphatic carbocycles. The molecule has 0 saturated carbocycles. The van der Waals surface area contributed by atoms with E-state index in [-0.39, 0.29) is 27.6 Å². The van der Waals surface area contributed by atoms with Crippen LogP contribution in [-0.4, -0.2) is 25.9 Å². The number of H-pyrrole nitrogens is 1.